The van der Waals surface area contributed by atoms with Gasteiger partial charge in [-0.15, -0.1) is 0 Å². The molecule has 1 aliphatic carbocycles. The molecule has 0 heterocycles. The maximum absolute atomic E-state index is 12.5. The lowest BCUT2D eigenvalue weighted by atomic mass is 9.87. The van der Waals surface area contributed by atoms with Crippen LogP contribution in [0.15, 0.2) is 48.5 Å². The molecule has 0 N–H and O–H groups in total. The zero-order valence-corrected chi connectivity index (χ0v) is 15.6. The normalized spacial score (nSPS) is 15.6. The van der Waals surface area contributed by atoms with E-state index in [-0.39, 0.29) is 17.5 Å². The number of likely N-dealkylation sites (N-methyl/N-ethyl adjacent to an activating group) is 1. The number of ether oxygens (including phenoxy) is 1. The molecule has 5 nitrogen and oxygen atoms in total. The van der Waals surface area contributed by atoms with Crippen LogP contribution in [0.4, 0.5) is 0 Å². The molecule has 5 heteroatoms. The van der Waals surface area contributed by atoms with Gasteiger partial charge in [0.25, 0.3) is 11.7 Å². The van der Waals surface area contributed by atoms with Gasteiger partial charge in [-0.2, -0.15) is 0 Å². The molecule has 0 fully saturated rings. The van der Waals surface area contributed by atoms with Crippen LogP contribution in [0.2, 0.25) is 0 Å². The zero-order chi connectivity index (χ0) is 19.4. The van der Waals surface area contributed by atoms with E-state index in [0.29, 0.717) is 0 Å². The van der Waals surface area contributed by atoms with E-state index in [1.165, 1.54) is 5.56 Å². The van der Waals surface area contributed by atoms with Crippen molar-refractivity contribution in [3.63, 3.8) is 0 Å². The summed E-state index contributed by atoms with van der Waals surface area (Å²) in [6.45, 7) is 1.45. The summed E-state index contributed by atoms with van der Waals surface area (Å²) in [6.07, 6.45) is 2.88. The highest BCUT2D eigenvalue weighted by Gasteiger charge is 2.27. The fourth-order valence-corrected chi connectivity index (χ4v) is 3.42. The average Bonchev–Trinajstić information content (AvgIpc) is 2.70. The number of hydrogen-bond acceptors (Lipinski definition) is 4. The molecule has 0 bridgehead atoms. The SMILES string of the molecule is Cc1ccc(C(=O)C(=O)OCC(=O)N(C)C2CCCc3ccccc32)cc1. The fourth-order valence-electron chi connectivity index (χ4n) is 3.42. The third-order valence-electron chi connectivity index (χ3n) is 5.02. The minimum Gasteiger partial charge on any atom is -0.450 e. The van der Waals surface area contributed by atoms with Gasteiger partial charge in [-0.05, 0) is 37.3 Å². The van der Waals surface area contributed by atoms with Crippen molar-refractivity contribution < 1.29 is 19.1 Å². The van der Waals surface area contributed by atoms with Crippen LogP contribution in [0.25, 0.3) is 0 Å². The van der Waals surface area contributed by atoms with E-state index in [1.54, 1.807) is 36.2 Å². The fraction of sp³-hybridized carbons (Fsp3) is 0.318. The second-order valence-corrected chi connectivity index (χ2v) is 6.88. The molecule has 0 aromatic heterocycles. The van der Waals surface area contributed by atoms with Crippen molar-refractivity contribution in [1.82, 2.24) is 4.90 Å². The number of benzene rings is 2. The molecule has 140 valence electrons. The summed E-state index contributed by atoms with van der Waals surface area (Å²) in [6, 6.07) is 14.7. The largest absolute Gasteiger partial charge is 0.450 e. The van der Waals surface area contributed by atoms with Crippen LogP contribution in [-0.2, 0) is 20.7 Å². The number of carbonyl (C=O) groups excluding carboxylic acids is 3. The number of hydrogen-bond donors (Lipinski definition) is 0. The Labute approximate surface area is 158 Å². The van der Waals surface area contributed by atoms with Gasteiger partial charge in [-0.1, -0.05) is 54.1 Å². The number of esters is 1. The number of aryl methyl sites for hydroxylation is 2. The number of rotatable bonds is 5. The molecule has 2 aromatic carbocycles. The number of fused-ring (bicyclic) bond motifs is 1. The van der Waals surface area contributed by atoms with Gasteiger partial charge in [-0.3, -0.25) is 9.59 Å². The van der Waals surface area contributed by atoms with Gasteiger partial charge >= 0.3 is 5.97 Å². The lowest BCUT2D eigenvalue weighted by Crippen LogP contribution is -2.36. The Balaban J connectivity index is 1.60. The Morgan fingerprint density at radius 2 is 1.78 bits per heavy atom. The predicted molar refractivity (Wildman–Crippen MR) is 101 cm³/mol. The van der Waals surface area contributed by atoms with Crippen molar-refractivity contribution in [1.29, 1.82) is 0 Å². The van der Waals surface area contributed by atoms with Gasteiger partial charge in [0.1, 0.15) is 0 Å². The van der Waals surface area contributed by atoms with Gasteiger partial charge in [0.05, 0.1) is 6.04 Å². The number of nitrogens with zero attached hydrogens (tertiary/aromatic N) is 1. The van der Waals surface area contributed by atoms with Gasteiger partial charge in [0.2, 0.25) is 0 Å². The van der Waals surface area contributed by atoms with Crippen molar-refractivity contribution in [3.8, 4) is 0 Å². The summed E-state index contributed by atoms with van der Waals surface area (Å²) in [7, 11) is 1.71. The van der Waals surface area contributed by atoms with Gasteiger partial charge in [0, 0.05) is 12.6 Å². The summed E-state index contributed by atoms with van der Waals surface area (Å²) in [5.74, 6) is -2.07. The number of ketones is 1. The molecule has 27 heavy (non-hydrogen) atoms. The Morgan fingerprint density at radius 1 is 1.07 bits per heavy atom. The van der Waals surface area contributed by atoms with E-state index in [2.05, 4.69) is 6.07 Å². The molecule has 0 spiro atoms. The van der Waals surface area contributed by atoms with Crippen LogP contribution >= 0.6 is 0 Å². The maximum Gasteiger partial charge on any atom is 0.380 e. The Kier molecular flexibility index (Phi) is 5.69. The highest BCUT2D eigenvalue weighted by atomic mass is 16.5. The van der Waals surface area contributed by atoms with Crippen LogP contribution in [0.3, 0.4) is 0 Å². The van der Waals surface area contributed by atoms with E-state index in [1.807, 2.05) is 25.1 Å². The molecule has 0 saturated heterocycles. The zero-order valence-electron chi connectivity index (χ0n) is 15.6. The molecule has 0 aliphatic heterocycles. The Hall–Kier alpha value is -2.95. The van der Waals surface area contributed by atoms with Crippen molar-refractivity contribution in [2.75, 3.05) is 13.7 Å². The van der Waals surface area contributed by atoms with Crippen molar-refractivity contribution >= 4 is 17.7 Å². The summed E-state index contributed by atoms with van der Waals surface area (Å²) < 4.78 is 4.97. The molecule has 3 rings (SSSR count). The minimum absolute atomic E-state index is 0.0334. The molecule has 1 atom stereocenters. The number of Topliss-reactive ketones (excluding diaryl/α,β-unsaturated/α-hetero) is 1. The number of amides is 1. The second-order valence-electron chi connectivity index (χ2n) is 6.88. The Bertz CT molecular complexity index is 857. The lowest BCUT2D eigenvalue weighted by Gasteiger charge is -2.33. The lowest BCUT2D eigenvalue weighted by molar-refractivity contribution is -0.148. The first-order valence-corrected chi connectivity index (χ1v) is 9.09. The van der Waals surface area contributed by atoms with Crippen LogP contribution in [0.5, 0.6) is 0 Å². The Morgan fingerprint density at radius 3 is 2.52 bits per heavy atom. The average molecular weight is 365 g/mol. The third-order valence-corrected chi connectivity index (χ3v) is 5.02. The van der Waals surface area contributed by atoms with Crippen molar-refractivity contribution in [2.24, 2.45) is 0 Å². The summed E-state index contributed by atoms with van der Waals surface area (Å²) in [4.78, 5) is 38.2. The molecular formula is C22H23NO4. The van der Waals surface area contributed by atoms with Gasteiger partial charge in [0.15, 0.2) is 6.61 Å². The topological polar surface area (TPSA) is 63.7 Å². The first kappa shape index (κ1) is 18.8. The first-order chi connectivity index (χ1) is 13.0. The van der Waals surface area contributed by atoms with Crippen molar-refractivity contribution in [3.05, 3.63) is 70.8 Å². The molecule has 0 radical (unpaired) electrons. The van der Waals surface area contributed by atoms with Gasteiger partial charge < -0.3 is 9.64 Å². The van der Waals surface area contributed by atoms with Crippen LogP contribution < -0.4 is 0 Å². The second kappa shape index (κ2) is 8.16. The smallest absolute Gasteiger partial charge is 0.380 e. The molecule has 2 aromatic rings. The van der Waals surface area contributed by atoms with Crippen molar-refractivity contribution in [2.45, 2.75) is 32.2 Å². The monoisotopic (exact) mass is 365 g/mol. The summed E-state index contributed by atoms with van der Waals surface area (Å²) in [5, 5.41) is 0. The van der Waals surface area contributed by atoms with Crippen LogP contribution in [0.1, 0.15) is 45.9 Å². The quantitative estimate of drug-likeness (QED) is 0.463. The summed E-state index contributed by atoms with van der Waals surface area (Å²) >= 11 is 0. The summed E-state index contributed by atoms with van der Waals surface area (Å²) in [5.41, 5.74) is 3.64. The first-order valence-electron chi connectivity index (χ1n) is 9.09. The van der Waals surface area contributed by atoms with E-state index in [0.717, 1.165) is 30.4 Å². The standard InChI is InChI=1S/C22H23NO4/c1-15-10-12-17(13-11-15)21(25)22(26)27-14-20(24)23(2)19-9-5-7-16-6-3-4-8-18(16)19/h3-4,6,8,10-13,19H,5,7,9,14H2,1-2H3. The van der Waals surface area contributed by atoms with E-state index in [9.17, 15) is 14.4 Å². The van der Waals surface area contributed by atoms with Crippen LogP contribution in [-0.4, -0.2) is 36.2 Å². The highest BCUT2D eigenvalue weighted by Crippen LogP contribution is 2.33. The predicted octanol–water partition coefficient (Wildman–Crippen LogP) is 3.26. The third kappa shape index (κ3) is 4.25. The minimum atomic E-state index is -1.01. The van der Waals surface area contributed by atoms with E-state index >= 15 is 0 Å². The van der Waals surface area contributed by atoms with E-state index < -0.39 is 18.4 Å². The van der Waals surface area contributed by atoms with Gasteiger partial charge in [-0.25, -0.2) is 4.79 Å². The van der Waals surface area contributed by atoms with Crippen LogP contribution in [0, 0.1) is 6.92 Å². The van der Waals surface area contributed by atoms with E-state index in [4.69, 9.17) is 4.74 Å². The highest BCUT2D eigenvalue weighted by molar-refractivity contribution is 6.40. The molecule has 0 saturated carbocycles. The molecule has 1 unspecified atom stereocenters. The maximum atomic E-state index is 12.5. The number of carbonyl (C=O) groups is 3. The molecular weight excluding hydrogens is 342 g/mol. The molecule has 1 aliphatic rings. The molecule has 1 amide bonds.